The summed E-state index contributed by atoms with van der Waals surface area (Å²) >= 11 is 3.26. The van der Waals surface area contributed by atoms with E-state index in [1.807, 2.05) is 0 Å². The molecule has 0 radical (unpaired) electrons. The number of alkyl halides is 3. The number of H-pyrrole nitrogens is 1. The largest absolute Gasteiger partial charge is 0.417 e. The van der Waals surface area contributed by atoms with Crippen molar-refractivity contribution in [2.75, 3.05) is 5.32 Å². The lowest BCUT2D eigenvalue weighted by molar-refractivity contribution is -0.137. The number of amides is 1. The van der Waals surface area contributed by atoms with Crippen molar-refractivity contribution in [3.63, 3.8) is 0 Å². The number of carbonyl (C=O) groups excluding carboxylic acids is 1. The van der Waals surface area contributed by atoms with Crippen LogP contribution in [0.25, 0.3) is 22.6 Å². The zero-order valence-electron chi connectivity index (χ0n) is 15.5. The summed E-state index contributed by atoms with van der Waals surface area (Å²) in [7, 11) is 0. The molecule has 0 saturated heterocycles. The molecule has 0 fully saturated rings. The summed E-state index contributed by atoms with van der Waals surface area (Å²) in [6, 6.07) is 15.6. The maximum atomic E-state index is 14.0. The minimum absolute atomic E-state index is 0.0321. The Morgan fingerprint density at radius 1 is 1.03 bits per heavy atom. The van der Waals surface area contributed by atoms with Crippen molar-refractivity contribution >= 4 is 27.7 Å². The molecule has 0 spiro atoms. The highest BCUT2D eigenvalue weighted by Gasteiger charge is 2.38. The van der Waals surface area contributed by atoms with Crippen LogP contribution < -0.4 is 5.32 Å². The number of rotatable bonds is 4. The SMILES string of the molecule is O=C(Nc1nc(-c2ccccc2)cc(C(F)(F)F)c1-c1nn[nH]n1)c1cccc(Br)c1. The molecule has 11 heteroatoms. The van der Waals surface area contributed by atoms with Crippen molar-refractivity contribution in [2.24, 2.45) is 0 Å². The number of halogens is 4. The predicted octanol–water partition coefficient (Wildman–Crippen LogP) is 4.96. The van der Waals surface area contributed by atoms with Gasteiger partial charge in [-0.25, -0.2) is 4.98 Å². The summed E-state index contributed by atoms with van der Waals surface area (Å²) in [4.78, 5) is 17.1. The van der Waals surface area contributed by atoms with Crippen molar-refractivity contribution in [3.05, 3.63) is 76.3 Å². The number of hydrogen-bond acceptors (Lipinski definition) is 5. The lowest BCUT2D eigenvalue weighted by Crippen LogP contribution is -2.17. The van der Waals surface area contributed by atoms with Crippen LogP contribution in [-0.4, -0.2) is 31.5 Å². The first-order chi connectivity index (χ1) is 14.8. The number of benzene rings is 2. The summed E-state index contributed by atoms with van der Waals surface area (Å²) in [6.45, 7) is 0. The number of pyridine rings is 1. The third-order valence-corrected chi connectivity index (χ3v) is 4.78. The molecule has 0 saturated carbocycles. The molecule has 0 atom stereocenters. The van der Waals surface area contributed by atoms with Gasteiger partial charge >= 0.3 is 6.18 Å². The van der Waals surface area contributed by atoms with Crippen molar-refractivity contribution < 1.29 is 18.0 Å². The molecule has 1 amide bonds. The van der Waals surface area contributed by atoms with Gasteiger partial charge in [-0.05, 0) is 29.5 Å². The van der Waals surface area contributed by atoms with Crippen LogP contribution in [0.4, 0.5) is 19.0 Å². The van der Waals surface area contributed by atoms with Crippen LogP contribution in [-0.2, 0) is 6.18 Å². The fraction of sp³-hybridized carbons (Fsp3) is 0.0500. The number of nitrogens with one attached hydrogen (secondary N) is 2. The lowest BCUT2D eigenvalue weighted by atomic mass is 10.0. The molecule has 0 aliphatic heterocycles. The fourth-order valence-electron chi connectivity index (χ4n) is 2.92. The first-order valence-corrected chi connectivity index (χ1v) is 9.60. The summed E-state index contributed by atoms with van der Waals surface area (Å²) in [5, 5.41) is 15.3. The van der Waals surface area contributed by atoms with E-state index >= 15 is 0 Å². The minimum atomic E-state index is -4.77. The molecule has 2 N–H and O–H groups in total. The van der Waals surface area contributed by atoms with Gasteiger partial charge in [0.15, 0.2) is 0 Å². The molecule has 0 bridgehead atoms. The molecule has 2 heterocycles. The Morgan fingerprint density at radius 2 is 1.81 bits per heavy atom. The van der Waals surface area contributed by atoms with Gasteiger partial charge in [0.2, 0.25) is 5.82 Å². The van der Waals surface area contributed by atoms with E-state index in [1.165, 1.54) is 12.1 Å². The fourth-order valence-corrected chi connectivity index (χ4v) is 3.32. The molecular weight excluding hydrogens is 477 g/mol. The van der Waals surface area contributed by atoms with E-state index in [9.17, 15) is 18.0 Å². The number of aromatic nitrogens is 5. The third-order valence-electron chi connectivity index (χ3n) is 4.28. The number of aromatic amines is 1. The number of carbonyl (C=O) groups is 1. The topological polar surface area (TPSA) is 96.5 Å². The standard InChI is InChI=1S/C20H12BrF3N6O/c21-13-8-4-7-12(9-13)19(31)26-17-16(18-27-29-30-28-18)14(20(22,23)24)10-15(25-17)11-5-2-1-3-6-11/h1-10H,(H,25,26,31)(H,27,28,29,30). The average molecular weight is 489 g/mol. The smallest absolute Gasteiger partial charge is 0.306 e. The van der Waals surface area contributed by atoms with Gasteiger partial charge in [-0.15, -0.1) is 10.2 Å². The number of hydrogen-bond donors (Lipinski definition) is 2. The van der Waals surface area contributed by atoms with Gasteiger partial charge in [0.1, 0.15) is 5.82 Å². The first kappa shape index (κ1) is 20.7. The van der Waals surface area contributed by atoms with E-state index in [-0.39, 0.29) is 22.9 Å². The number of nitrogens with zero attached hydrogens (tertiary/aromatic N) is 4. The molecule has 156 valence electrons. The minimum Gasteiger partial charge on any atom is -0.306 e. The Hall–Kier alpha value is -3.60. The van der Waals surface area contributed by atoms with Gasteiger partial charge in [-0.1, -0.05) is 52.3 Å². The molecule has 2 aromatic heterocycles. The molecule has 0 unspecified atom stereocenters. The lowest BCUT2D eigenvalue weighted by Gasteiger charge is -2.17. The highest BCUT2D eigenvalue weighted by Crippen LogP contribution is 2.41. The Labute approximate surface area is 181 Å². The highest BCUT2D eigenvalue weighted by atomic mass is 79.9. The molecule has 4 rings (SSSR count). The quantitative estimate of drug-likeness (QED) is 0.423. The van der Waals surface area contributed by atoms with Crippen LogP contribution >= 0.6 is 15.9 Å². The molecule has 2 aromatic carbocycles. The summed E-state index contributed by atoms with van der Waals surface area (Å²) in [5.41, 5.74) is -0.819. The predicted molar refractivity (Wildman–Crippen MR) is 110 cm³/mol. The zero-order valence-corrected chi connectivity index (χ0v) is 17.1. The zero-order chi connectivity index (χ0) is 22.0. The Balaban J connectivity index is 1.91. The average Bonchev–Trinajstić information content (AvgIpc) is 3.27. The van der Waals surface area contributed by atoms with E-state index in [4.69, 9.17) is 0 Å². The maximum absolute atomic E-state index is 14.0. The molecule has 4 aromatic rings. The normalized spacial score (nSPS) is 11.4. The van der Waals surface area contributed by atoms with Crippen molar-refractivity contribution in [3.8, 4) is 22.6 Å². The monoisotopic (exact) mass is 488 g/mol. The molecule has 0 aliphatic carbocycles. The first-order valence-electron chi connectivity index (χ1n) is 8.81. The van der Waals surface area contributed by atoms with Gasteiger partial charge in [0, 0.05) is 15.6 Å². The second-order valence-electron chi connectivity index (χ2n) is 6.34. The van der Waals surface area contributed by atoms with Crippen LogP contribution in [0.3, 0.4) is 0 Å². The molecule has 7 nitrogen and oxygen atoms in total. The summed E-state index contributed by atoms with van der Waals surface area (Å²) < 4.78 is 42.6. The highest BCUT2D eigenvalue weighted by molar-refractivity contribution is 9.10. The summed E-state index contributed by atoms with van der Waals surface area (Å²) in [5.74, 6) is -1.32. The second-order valence-corrected chi connectivity index (χ2v) is 7.26. The van der Waals surface area contributed by atoms with Crippen molar-refractivity contribution in [1.29, 1.82) is 0 Å². The van der Waals surface area contributed by atoms with Crippen molar-refractivity contribution in [2.45, 2.75) is 6.18 Å². The Kier molecular flexibility index (Phi) is 5.51. The van der Waals surface area contributed by atoms with E-state index in [2.05, 4.69) is 46.9 Å². The van der Waals surface area contributed by atoms with Gasteiger partial charge in [-0.3, -0.25) is 4.79 Å². The second kappa shape index (κ2) is 8.26. The van der Waals surface area contributed by atoms with Gasteiger partial charge in [0.25, 0.3) is 5.91 Å². The van der Waals surface area contributed by atoms with E-state index in [1.54, 1.807) is 42.5 Å². The van der Waals surface area contributed by atoms with E-state index in [0.717, 1.165) is 6.07 Å². The van der Waals surface area contributed by atoms with Crippen LogP contribution in [0, 0.1) is 0 Å². The summed E-state index contributed by atoms with van der Waals surface area (Å²) in [6.07, 6.45) is -4.77. The molecule has 31 heavy (non-hydrogen) atoms. The van der Waals surface area contributed by atoms with Crippen LogP contribution in [0.15, 0.2) is 65.1 Å². The van der Waals surface area contributed by atoms with E-state index in [0.29, 0.717) is 10.0 Å². The third kappa shape index (κ3) is 4.45. The van der Waals surface area contributed by atoms with Crippen LogP contribution in [0.5, 0.6) is 0 Å². The Bertz CT molecular complexity index is 1230. The molecular formula is C20H12BrF3N6O. The van der Waals surface area contributed by atoms with Gasteiger partial charge in [0.05, 0.1) is 16.8 Å². The van der Waals surface area contributed by atoms with Crippen LogP contribution in [0.2, 0.25) is 0 Å². The van der Waals surface area contributed by atoms with E-state index < -0.39 is 23.2 Å². The number of tetrazole rings is 1. The Morgan fingerprint density at radius 3 is 2.45 bits per heavy atom. The number of anilines is 1. The maximum Gasteiger partial charge on any atom is 0.417 e. The van der Waals surface area contributed by atoms with Crippen LogP contribution in [0.1, 0.15) is 15.9 Å². The van der Waals surface area contributed by atoms with Crippen molar-refractivity contribution in [1.82, 2.24) is 25.6 Å². The van der Waals surface area contributed by atoms with Gasteiger partial charge < -0.3 is 5.32 Å². The van der Waals surface area contributed by atoms with Gasteiger partial charge in [-0.2, -0.15) is 18.4 Å². The molecule has 0 aliphatic rings.